The Hall–Kier alpha value is -1.36. The summed E-state index contributed by atoms with van der Waals surface area (Å²) < 4.78 is 1.04. The SMILES string of the molecule is CC(C)(C(=O)O)C(=O)N1CCC(c2ccccc2Br)C1. The van der Waals surface area contributed by atoms with E-state index in [4.69, 9.17) is 5.11 Å². The van der Waals surface area contributed by atoms with Crippen molar-refractivity contribution in [2.45, 2.75) is 26.2 Å². The van der Waals surface area contributed by atoms with Crippen LogP contribution < -0.4 is 0 Å². The van der Waals surface area contributed by atoms with Crippen molar-refractivity contribution in [2.24, 2.45) is 5.41 Å². The van der Waals surface area contributed by atoms with Crippen molar-refractivity contribution in [2.75, 3.05) is 13.1 Å². The number of likely N-dealkylation sites (tertiary alicyclic amines) is 1. The third-order valence-corrected chi connectivity index (χ3v) is 4.61. The lowest BCUT2D eigenvalue weighted by Gasteiger charge is -2.25. The highest BCUT2D eigenvalue weighted by Crippen LogP contribution is 2.34. The minimum Gasteiger partial charge on any atom is -0.480 e. The molecule has 1 heterocycles. The molecule has 1 N–H and O–H groups in total. The first-order chi connectivity index (χ1) is 9.34. The number of hydrogen-bond donors (Lipinski definition) is 1. The fraction of sp³-hybridized carbons (Fsp3) is 0.467. The quantitative estimate of drug-likeness (QED) is 0.861. The Morgan fingerprint density at radius 2 is 2.00 bits per heavy atom. The largest absolute Gasteiger partial charge is 0.480 e. The van der Waals surface area contributed by atoms with Crippen LogP contribution in [0.15, 0.2) is 28.7 Å². The van der Waals surface area contributed by atoms with Crippen molar-refractivity contribution in [3.05, 3.63) is 34.3 Å². The van der Waals surface area contributed by atoms with Crippen LogP contribution in [0.5, 0.6) is 0 Å². The summed E-state index contributed by atoms with van der Waals surface area (Å²) in [6.07, 6.45) is 0.865. The van der Waals surface area contributed by atoms with Gasteiger partial charge in [0.15, 0.2) is 0 Å². The maximum atomic E-state index is 12.3. The van der Waals surface area contributed by atoms with Crippen LogP contribution in [0, 0.1) is 5.41 Å². The van der Waals surface area contributed by atoms with E-state index in [2.05, 4.69) is 15.9 Å². The second-order valence-electron chi connectivity index (χ2n) is 5.69. The highest BCUT2D eigenvalue weighted by molar-refractivity contribution is 9.10. The highest BCUT2D eigenvalue weighted by Gasteiger charge is 2.41. The number of carboxylic acids is 1. The molecule has 1 aliphatic heterocycles. The van der Waals surface area contributed by atoms with Crippen LogP contribution in [0.1, 0.15) is 31.7 Å². The number of carbonyl (C=O) groups is 2. The summed E-state index contributed by atoms with van der Waals surface area (Å²) in [4.78, 5) is 25.1. The fourth-order valence-electron chi connectivity index (χ4n) is 2.49. The normalized spacial score (nSPS) is 19.1. The number of hydrogen-bond acceptors (Lipinski definition) is 2. The molecule has 2 rings (SSSR count). The predicted octanol–water partition coefficient (Wildman–Crippen LogP) is 2.88. The van der Waals surface area contributed by atoms with E-state index in [9.17, 15) is 9.59 Å². The summed E-state index contributed by atoms with van der Waals surface area (Å²) in [5, 5.41) is 9.14. The van der Waals surface area contributed by atoms with Crippen molar-refractivity contribution < 1.29 is 14.7 Å². The first-order valence-electron chi connectivity index (χ1n) is 6.61. The van der Waals surface area contributed by atoms with E-state index in [0.717, 1.165) is 10.9 Å². The number of amides is 1. The van der Waals surface area contributed by atoms with Crippen LogP contribution in [0.4, 0.5) is 0 Å². The maximum absolute atomic E-state index is 12.3. The third kappa shape index (κ3) is 2.73. The van der Waals surface area contributed by atoms with E-state index in [1.807, 2.05) is 24.3 Å². The Morgan fingerprint density at radius 1 is 1.35 bits per heavy atom. The van der Waals surface area contributed by atoms with Crippen LogP contribution in [0.2, 0.25) is 0 Å². The molecule has 0 aromatic heterocycles. The van der Waals surface area contributed by atoms with Crippen molar-refractivity contribution in [1.29, 1.82) is 0 Å². The van der Waals surface area contributed by atoms with Crippen LogP contribution in [-0.2, 0) is 9.59 Å². The van der Waals surface area contributed by atoms with Gasteiger partial charge in [-0.25, -0.2) is 0 Å². The lowest BCUT2D eigenvalue weighted by molar-refractivity contribution is -0.157. The molecule has 108 valence electrons. The lowest BCUT2D eigenvalue weighted by Crippen LogP contribution is -2.44. The van der Waals surface area contributed by atoms with Gasteiger partial charge in [-0.2, -0.15) is 0 Å². The zero-order valence-electron chi connectivity index (χ0n) is 11.6. The van der Waals surface area contributed by atoms with Gasteiger partial charge < -0.3 is 10.0 Å². The van der Waals surface area contributed by atoms with Gasteiger partial charge >= 0.3 is 5.97 Å². The molecular formula is C15H18BrNO3. The van der Waals surface area contributed by atoms with E-state index in [1.165, 1.54) is 19.4 Å². The van der Waals surface area contributed by atoms with Gasteiger partial charge in [0.25, 0.3) is 0 Å². The zero-order chi connectivity index (χ0) is 14.9. The third-order valence-electron chi connectivity index (χ3n) is 3.89. The minimum absolute atomic E-state index is 0.263. The first kappa shape index (κ1) is 15.0. The fourth-order valence-corrected chi connectivity index (χ4v) is 3.10. The molecule has 0 bridgehead atoms. The molecule has 1 atom stereocenters. The molecule has 1 amide bonds. The van der Waals surface area contributed by atoms with E-state index in [0.29, 0.717) is 13.1 Å². The van der Waals surface area contributed by atoms with Crippen molar-refractivity contribution in [3.63, 3.8) is 0 Å². The summed E-state index contributed by atoms with van der Waals surface area (Å²) in [6, 6.07) is 7.97. The van der Waals surface area contributed by atoms with Crippen molar-refractivity contribution in [1.82, 2.24) is 4.90 Å². The summed E-state index contributed by atoms with van der Waals surface area (Å²) in [5.41, 5.74) is -0.182. The van der Waals surface area contributed by atoms with Crippen LogP contribution in [0.25, 0.3) is 0 Å². The molecule has 1 saturated heterocycles. The van der Waals surface area contributed by atoms with Gasteiger partial charge in [0.2, 0.25) is 5.91 Å². The van der Waals surface area contributed by atoms with E-state index in [-0.39, 0.29) is 11.8 Å². The number of carbonyl (C=O) groups excluding carboxylic acids is 1. The Morgan fingerprint density at radius 3 is 2.60 bits per heavy atom. The molecule has 5 heteroatoms. The molecular weight excluding hydrogens is 322 g/mol. The highest BCUT2D eigenvalue weighted by atomic mass is 79.9. The molecule has 0 aliphatic carbocycles. The molecule has 1 aromatic carbocycles. The average molecular weight is 340 g/mol. The molecule has 20 heavy (non-hydrogen) atoms. The van der Waals surface area contributed by atoms with Crippen molar-refractivity contribution >= 4 is 27.8 Å². The van der Waals surface area contributed by atoms with E-state index >= 15 is 0 Å². The Kier molecular flexibility index (Phi) is 4.18. The second kappa shape index (κ2) is 5.56. The topological polar surface area (TPSA) is 57.6 Å². The van der Waals surface area contributed by atoms with E-state index < -0.39 is 11.4 Å². The van der Waals surface area contributed by atoms with Gasteiger partial charge in [0.1, 0.15) is 5.41 Å². The van der Waals surface area contributed by atoms with Gasteiger partial charge in [-0.1, -0.05) is 34.1 Å². The number of nitrogens with zero attached hydrogens (tertiary/aromatic N) is 1. The minimum atomic E-state index is -1.36. The summed E-state index contributed by atoms with van der Waals surface area (Å²) in [6.45, 7) is 4.12. The Bertz CT molecular complexity index is 542. The Labute approximate surface area is 126 Å². The standard InChI is InChI=1S/C15H18BrNO3/c1-15(2,14(19)20)13(18)17-8-7-10(9-17)11-5-3-4-6-12(11)16/h3-6,10H,7-9H2,1-2H3,(H,19,20). The molecule has 4 nitrogen and oxygen atoms in total. The summed E-state index contributed by atoms with van der Waals surface area (Å²) >= 11 is 3.53. The first-order valence-corrected chi connectivity index (χ1v) is 7.40. The van der Waals surface area contributed by atoms with Gasteiger partial charge in [-0.15, -0.1) is 0 Å². The average Bonchev–Trinajstić information content (AvgIpc) is 2.87. The van der Waals surface area contributed by atoms with Gasteiger partial charge in [-0.05, 0) is 31.9 Å². The number of halogens is 1. The van der Waals surface area contributed by atoms with Gasteiger partial charge in [-0.3, -0.25) is 9.59 Å². The molecule has 1 fully saturated rings. The van der Waals surface area contributed by atoms with Crippen LogP contribution in [0.3, 0.4) is 0 Å². The molecule has 0 spiro atoms. The van der Waals surface area contributed by atoms with Crippen molar-refractivity contribution in [3.8, 4) is 0 Å². The summed E-state index contributed by atoms with van der Waals surface area (Å²) in [5.74, 6) is -1.12. The monoisotopic (exact) mass is 339 g/mol. The molecule has 1 aromatic rings. The molecule has 1 aliphatic rings. The number of rotatable bonds is 3. The smallest absolute Gasteiger partial charge is 0.318 e. The van der Waals surface area contributed by atoms with Crippen LogP contribution >= 0.6 is 15.9 Å². The number of benzene rings is 1. The molecule has 0 saturated carbocycles. The zero-order valence-corrected chi connectivity index (χ0v) is 13.2. The lowest BCUT2D eigenvalue weighted by atomic mass is 9.92. The van der Waals surface area contributed by atoms with Crippen LogP contribution in [-0.4, -0.2) is 35.0 Å². The van der Waals surface area contributed by atoms with E-state index in [1.54, 1.807) is 4.90 Å². The molecule has 0 radical (unpaired) electrons. The Balaban J connectivity index is 2.12. The van der Waals surface area contributed by atoms with Gasteiger partial charge in [0.05, 0.1) is 0 Å². The predicted molar refractivity (Wildman–Crippen MR) is 79.5 cm³/mol. The number of carboxylic acid groups (broad SMARTS) is 1. The second-order valence-corrected chi connectivity index (χ2v) is 6.54. The van der Waals surface area contributed by atoms with Gasteiger partial charge in [0, 0.05) is 23.5 Å². The number of aliphatic carboxylic acids is 1. The maximum Gasteiger partial charge on any atom is 0.318 e. The molecule has 1 unspecified atom stereocenters. The summed E-state index contributed by atoms with van der Waals surface area (Å²) in [7, 11) is 0.